The van der Waals surface area contributed by atoms with Gasteiger partial charge in [-0.05, 0) is 44.9 Å². The molecule has 1 aliphatic heterocycles. The molecule has 1 aliphatic rings. The molecule has 0 radical (unpaired) electrons. The molecular formula is C23H42O6. The van der Waals surface area contributed by atoms with Gasteiger partial charge in [-0.15, -0.1) is 0 Å². The zero-order valence-corrected chi connectivity index (χ0v) is 19.7. The molecule has 0 amide bonds. The number of esters is 1. The van der Waals surface area contributed by atoms with Crippen molar-refractivity contribution in [3.05, 3.63) is 0 Å². The number of rotatable bonds is 2. The standard InChI is InChI=1S/C23H42O6/c1-10-18-23(8,27)20(25)16(5)19(24)15(4)12-22(7,28-9)17(6)13(2)11-14(3)21(26)29-18/h13-18,20,25,27H,10-12H2,1-9H3/t13-,14+,15+,16-,17+,18+,20+,22+,23+/m0/s1. The maximum Gasteiger partial charge on any atom is 0.309 e. The highest BCUT2D eigenvalue weighted by atomic mass is 16.6. The van der Waals surface area contributed by atoms with Gasteiger partial charge in [-0.3, -0.25) is 9.59 Å². The summed E-state index contributed by atoms with van der Waals surface area (Å²) in [5, 5.41) is 21.9. The van der Waals surface area contributed by atoms with Gasteiger partial charge in [0.2, 0.25) is 0 Å². The Morgan fingerprint density at radius 3 is 2.14 bits per heavy atom. The second-order valence-electron chi connectivity index (χ2n) is 9.72. The Hall–Kier alpha value is -0.980. The van der Waals surface area contributed by atoms with Crippen molar-refractivity contribution in [2.45, 2.75) is 98.1 Å². The van der Waals surface area contributed by atoms with E-state index in [0.29, 0.717) is 19.3 Å². The van der Waals surface area contributed by atoms with E-state index in [9.17, 15) is 19.8 Å². The maximum atomic E-state index is 13.1. The van der Waals surface area contributed by atoms with E-state index in [1.165, 1.54) is 6.92 Å². The van der Waals surface area contributed by atoms with E-state index in [-0.39, 0.29) is 29.5 Å². The fraction of sp³-hybridized carbons (Fsp3) is 0.913. The van der Waals surface area contributed by atoms with Crippen LogP contribution in [0.25, 0.3) is 0 Å². The third-order valence-electron chi connectivity index (χ3n) is 7.41. The van der Waals surface area contributed by atoms with Crippen molar-refractivity contribution in [1.82, 2.24) is 0 Å². The van der Waals surface area contributed by atoms with Gasteiger partial charge in [0.05, 0.1) is 17.6 Å². The third kappa shape index (κ3) is 5.59. The summed E-state index contributed by atoms with van der Waals surface area (Å²) in [5.41, 5.74) is -2.28. The zero-order chi connectivity index (χ0) is 22.7. The van der Waals surface area contributed by atoms with Gasteiger partial charge in [0.15, 0.2) is 0 Å². The first kappa shape index (κ1) is 26.1. The van der Waals surface area contributed by atoms with Crippen LogP contribution >= 0.6 is 0 Å². The largest absolute Gasteiger partial charge is 0.459 e. The number of aliphatic hydroxyl groups is 2. The average Bonchev–Trinajstić information content (AvgIpc) is 2.67. The molecular weight excluding hydrogens is 372 g/mol. The molecule has 0 aromatic rings. The first-order valence-corrected chi connectivity index (χ1v) is 10.9. The Morgan fingerprint density at radius 2 is 1.66 bits per heavy atom. The SMILES string of the molecule is CC[C@H]1OC(=O)[C@H](C)C[C@H](C)[C@@H](C)[C@](C)(OC)C[C@@H](C)C(=O)[C@H](C)[C@@H](O)[C@]1(C)O. The van der Waals surface area contributed by atoms with Gasteiger partial charge in [0.1, 0.15) is 17.5 Å². The van der Waals surface area contributed by atoms with Crippen LogP contribution in [0.1, 0.15) is 74.7 Å². The quantitative estimate of drug-likeness (QED) is 0.673. The minimum Gasteiger partial charge on any atom is -0.459 e. The molecule has 6 nitrogen and oxygen atoms in total. The summed E-state index contributed by atoms with van der Waals surface area (Å²) in [7, 11) is 1.65. The normalized spacial score (nSPS) is 46.1. The van der Waals surface area contributed by atoms with E-state index in [1.54, 1.807) is 21.0 Å². The predicted molar refractivity (Wildman–Crippen MR) is 112 cm³/mol. The summed E-state index contributed by atoms with van der Waals surface area (Å²) in [5.74, 6) is -1.77. The summed E-state index contributed by atoms with van der Waals surface area (Å²) >= 11 is 0. The second-order valence-corrected chi connectivity index (χ2v) is 9.72. The molecule has 1 heterocycles. The number of methoxy groups -OCH3 is 1. The van der Waals surface area contributed by atoms with Crippen molar-refractivity contribution in [3.63, 3.8) is 0 Å². The van der Waals surface area contributed by atoms with Crippen LogP contribution < -0.4 is 0 Å². The molecule has 1 fully saturated rings. The van der Waals surface area contributed by atoms with Gasteiger partial charge in [-0.1, -0.05) is 41.5 Å². The lowest BCUT2D eigenvalue weighted by molar-refractivity contribution is -0.190. The van der Waals surface area contributed by atoms with E-state index in [1.807, 2.05) is 20.8 Å². The number of cyclic esters (lactones) is 1. The van der Waals surface area contributed by atoms with E-state index in [2.05, 4.69) is 13.8 Å². The van der Waals surface area contributed by atoms with Crippen molar-refractivity contribution >= 4 is 11.8 Å². The highest BCUT2D eigenvalue weighted by molar-refractivity contribution is 5.83. The van der Waals surface area contributed by atoms with Crippen LogP contribution in [0.4, 0.5) is 0 Å². The van der Waals surface area contributed by atoms with Crippen LogP contribution in [0, 0.1) is 29.6 Å². The molecule has 0 aromatic heterocycles. The molecule has 0 bridgehead atoms. The first-order valence-electron chi connectivity index (χ1n) is 10.9. The van der Waals surface area contributed by atoms with Gasteiger partial charge < -0.3 is 19.7 Å². The lowest BCUT2D eigenvalue weighted by Gasteiger charge is -2.42. The topological polar surface area (TPSA) is 93.1 Å². The first-order chi connectivity index (χ1) is 13.2. The number of hydrogen-bond acceptors (Lipinski definition) is 6. The fourth-order valence-corrected chi connectivity index (χ4v) is 4.80. The Morgan fingerprint density at radius 1 is 1.10 bits per heavy atom. The molecule has 6 heteroatoms. The smallest absolute Gasteiger partial charge is 0.309 e. The summed E-state index contributed by atoms with van der Waals surface area (Å²) in [6, 6.07) is 0. The monoisotopic (exact) mass is 414 g/mol. The number of ether oxygens (including phenoxy) is 2. The van der Waals surface area contributed by atoms with Crippen molar-refractivity contribution < 1.29 is 29.3 Å². The number of carbonyl (C=O) groups is 2. The molecule has 0 aliphatic carbocycles. The average molecular weight is 415 g/mol. The molecule has 0 saturated carbocycles. The van der Waals surface area contributed by atoms with Gasteiger partial charge in [-0.2, -0.15) is 0 Å². The number of ketones is 1. The third-order valence-corrected chi connectivity index (χ3v) is 7.41. The highest BCUT2D eigenvalue weighted by Gasteiger charge is 2.47. The highest BCUT2D eigenvalue weighted by Crippen LogP contribution is 2.38. The van der Waals surface area contributed by atoms with Crippen LogP contribution in [0.5, 0.6) is 0 Å². The maximum absolute atomic E-state index is 13.1. The molecule has 170 valence electrons. The number of Topliss-reactive ketones (excluding diaryl/α,β-unsaturated/α-hetero) is 1. The summed E-state index contributed by atoms with van der Waals surface area (Å²) in [6.07, 6.45) is -0.786. The Kier molecular flexibility index (Phi) is 8.88. The molecule has 1 saturated heterocycles. The molecule has 2 N–H and O–H groups in total. The van der Waals surface area contributed by atoms with Crippen LogP contribution in [0.2, 0.25) is 0 Å². The van der Waals surface area contributed by atoms with Gasteiger partial charge in [0, 0.05) is 18.9 Å². The lowest BCUT2D eigenvalue weighted by atomic mass is 9.71. The summed E-state index contributed by atoms with van der Waals surface area (Å²) in [6.45, 7) is 14.7. The van der Waals surface area contributed by atoms with Crippen molar-refractivity contribution in [3.8, 4) is 0 Å². The number of hydrogen-bond donors (Lipinski definition) is 2. The summed E-state index contributed by atoms with van der Waals surface area (Å²) in [4.78, 5) is 25.8. The Balaban J connectivity index is 3.38. The molecule has 9 atom stereocenters. The van der Waals surface area contributed by atoms with E-state index in [0.717, 1.165) is 0 Å². The van der Waals surface area contributed by atoms with E-state index < -0.39 is 35.3 Å². The van der Waals surface area contributed by atoms with Crippen LogP contribution in [0.15, 0.2) is 0 Å². The molecule has 0 aromatic carbocycles. The lowest BCUT2D eigenvalue weighted by Crippen LogP contribution is -2.56. The molecule has 1 rings (SSSR count). The zero-order valence-electron chi connectivity index (χ0n) is 19.7. The fourth-order valence-electron chi connectivity index (χ4n) is 4.80. The minimum atomic E-state index is -1.73. The Bertz CT molecular complexity index is 574. The van der Waals surface area contributed by atoms with Gasteiger partial charge in [-0.25, -0.2) is 0 Å². The van der Waals surface area contributed by atoms with Crippen LogP contribution in [0.3, 0.4) is 0 Å². The van der Waals surface area contributed by atoms with Crippen molar-refractivity contribution in [2.24, 2.45) is 29.6 Å². The minimum absolute atomic E-state index is 0.103. The Labute approximate surface area is 176 Å². The van der Waals surface area contributed by atoms with Gasteiger partial charge in [0.25, 0.3) is 0 Å². The number of carbonyl (C=O) groups excluding carboxylic acids is 2. The van der Waals surface area contributed by atoms with Gasteiger partial charge >= 0.3 is 5.97 Å². The molecule has 0 unspecified atom stereocenters. The second kappa shape index (κ2) is 9.88. The van der Waals surface area contributed by atoms with Crippen LogP contribution in [-0.4, -0.2) is 52.5 Å². The molecule has 29 heavy (non-hydrogen) atoms. The van der Waals surface area contributed by atoms with Crippen LogP contribution in [-0.2, 0) is 19.1 Å². The van der Waals surface area contributed by atoms with E-state index >= 15 is 0 Å². The summed E-state index contributed by atoms with van der Waals surface area (Å²) < 4.78 is 11.5. The van der Waals surface area contributed by atoms with Crippen molar-refractivity contribution in [1.29, 1.82) is 0 Å². The van der Waals surface area contributed by atoms with E-state index in [4.69, 9.17) is 9.47 Å². The number of aliphatic hydroxyl groups excluding tert-OH is 1. The molecule has 0 spiro atoms. The van der Waals surface area contributed by atoms with Crippen molar-refractivity contribution in [2.75, 3.05) is 7.11 Å². The predicted octanol–water partition coefficient (Wildman–Crippen LogP) is 3.37.